The fourth-order valence-electron chi connectivity index (χ4n) is 1.44. The molecule has 0 saturated carbocycles. The predicted octanol–water partition coefficient (Wildman–Crippen LogP) is 3.05. The molecular formula is C11H11ClN2O. The van der Waals surface area contributed by atoms with Crippen molar-refractivity contribution in [3.63, 3.8) is 0 Å². The zero-order valence-electron chi connectivity index (χ0n) is 8.57. The molecule has 1 heterocycles. The molecule has 2 rings (SSSR count). The average Bonchev–Trinajstić information content (AvgIpc) is 2.67. The summed E-state index contributed by atoms with van der Waals surface area (Å²) in [6, 6.07) is 9.99. The van der Waals surface area contributed by atoms with Crippen LogP contribution in [0.5, 0.6) is 0 Å². The maximum atomic E-state index is 5.61. The molecule has 0 saturated heterocycles. The fraction of sp³-hybridized carbons (Fsp3) is 0.273. The summed E-state index contributed by atoms with van der Waals surface area (Å²) in [4.78, 5) is 0. The van der Waals surface area contributed by atoms with E-state index in [0.29, 0.717) is 5.89 Å². The van der Waals surface area contributed by atoms with E-state index in [1.54, 1.807) is 0 Å². The summed E-state index contributed by atoms with van der Waals surface area (Å²) in [6.07, 6.45) is 0. The molecule has 0 radical (unpaired) electrons. The Morgan fingerprint density at radius 1 is 1.13 bits per heavy atom. The molecular weight excluding hydrogens is 212 g/mol. The SMILES string of the molecule is CC(C)(c1ccccc1)c1nnc(Cl)o1. The van der Waals surface area contributed by atoms with Gasteiger partial charge >= 0.3 is 5.35 Å². The van der Waals surface area contributed by atoms with Crippen molar-refractivity contribution in [1.82, 2.24) is 10.2 Å². The monoisotopic (exact) mass is 222 g/mol. The van der Waals surface area contributed by atoms with E-state index in [1.807, 2.05) is 44.2 Å². The molecule has 78 valence electrons. The van der Waals surface area contributed by atoms with Gasteiger partial charge in [0.2, 0.25) is 5.89 Å². The minimum atomic E-state index is -0.318. The van der Waals surface area contributed by atoms with Gasteiger partial charge in [0.1, 0.15) is 0 Å². The van der Waals surface area contributed by atoms with Crippen LogP contribution in [0.1, 0.15) is 25.3 Å². The van der Waals surface area contributed by atoms with Gasteiger partial charge in [0.05, 0.1) is 5.41 Å². The summed E-state index contributed by atoms with van der Waals surface area (Å²) < 4.78 is 5.25. The smallest absolute Gasteiger partial charge is 0.312 e. The molecule has 0 aliphatic rings. The molecule has 3 nitrogen and oxygen atoms in total. The molecule has 0 amide bonds. The molecule has 0 atom stereocenters. The summed E-state index contributed by atoms with van der Waals surface area (Å²) >= 11 is 5.61. The minimum absolute atomic E-state index is 0.0778. The van der Waals surface area contributed by atoms with Gasteiger partial charge in [-0.15, -0.1) is 5.10 Å². The molecule has 1 aromatic heterocycles. The largest absolute Gasteiger partial charge is 0.411 e. The van der Waals surface area contributed by atoms with Crippen molar-refractivity contribution >= 4 is 11.6 Å². The van der Waals surface area contributed by atoms with Gasteiger partial charge in [0.15, 0.2) is 0 Å². The Kier molecular flexibility index (Phi) is 2.49. The maximum absolute atomic E-state index is 5.61. The zero-order valence-corrected chi connectivity index (χ0v) is 9.32. The van der Waals surface area contributed by atoms with Crippen LogP contribution in [0, 0.1) is 0 Å². The summed E-state index contributed by atoms with van der Waals surface area (Å²) in [5.41, 5.74) is 0.798. The molecule has 0 bridgehead atoms. The van der Waals surface area contributed by atoms with Crippen molar-refractivity contribution in [2.45, 2.75) is 19.3 Å². The van der Waals surface area contributed by atoms with E-state index in [4.69, 9.17) is 16.0 Å². The highest BCUT2D eigenvalue weighted by atomic mass is 35.5. The van der Waals surface area contributed by atoms with Gasteiger partial charge in [-0.3, -0.25) is 0 Å². The normalized spacial score (nSPS) is 11.7. The molecule has 0 spiro atoms. The molecule has 15 heavy (non-hydrogen) atoms. The Bertz CT molecular complexity index is 451. The second-order valence-corrected chi connectivity index (χ2v) is 4.17. The molecule has 0 fully saturated rings. The molecule has 2 aromatic rings. The number of aromatic nitrogens is 2. The second-order valence-electron chi connectivity index (χ2n) is 3.85. The van der Waals surface area contributed by atoms with Crippen molar-refractivity contribution in [3.8, 4) is 0 Å². The van der Waals surface area contributed by atoms with E-state index >= 15 is 0 Å². The number of hydrogen-bond acceptors (Lipinski definition) is 3. The first kappa shape index (κ1) is 10.2. The van der Waals surface area contributed by atoms with E-state index in [0.717, 1.165) is 5.56 Å². The minimum Gasteiger partial charge on any atom is -0.411 e. The zero-order chi connectivity index (χ0) is 10.9. The molecule has 0 aliphatic carbocycles. The summed E-state index contributed by atoms with van der Waals surface area (Å²) in [5.74, 6) is 0.527. The molecule has 0 aliphatic heterocycles. The number of hydrogen-bond donors (Lipinski definition) is 0. The van der Waals surface area contributed by atoms with Crippen LogP contribution in [0.2, 0.25) is 5.35 Å². The lowest BCUT2D eigenvalue weighted by molar-refractivity contribution is 0.413. The number of halogens is 1. The van der Waals surface area contributed by atoms with Gasteiger partial charge in [-0.2, -0.15) is 0 Å². The summed E-state index contributed by atoms with van der Waals surface area (Å²) in [7, 11) is 0. The van der Waals surface area contributed by atoms with Crippen LogP contribution in [0.3, 0.4) is 0 Å². The van der Waals surface area contributed by atoms with Crippen LogP contribution in [-0.4, -0.2) is 10.2 Å². The van der Waals surface area contributed by atoms with Crippen molar-refractivity contribution in [1.29, 1.82) is 0 Å². The van der Waals surface area contributed by atoms with Crippen molar-refractivity contribution in [2.75, 3.05) is 0 Å². The highest BCUT2D eigenvalue weighted by molar-refractivity contribution is 6.27. The molecule has 1 aromatic carbocycles. The third kappa shape index (κ3) is 1.88. The molecule has 0 N–H and O–H groups in total. The number of benzene rings is 1. The first-order chi connectivity index (χ1) is 7.10. The quantitative estimate of drug-likeness (QED) is 0.784. The van der Waals surface area contributed by atoms with Gasteiger partial charge in [0, 0.05) is 0 Å². The lowest BCUT2D eigenvalue weighted by Gasteiger charge is -2.20. The van der Waals surface area contributed by atoms with E-state index in [9.17, 15) is 0 Å². The lowest BCUT2D eigenvalue weighted by atomic mass is 9.85. The van der Waals surface area contributed by atoms with Gasteiger partial charge < -0.3 is 4.42 Å². The van der Waals surface area contributed by atoms with Crippen LogP contribution in [0.4, 0.5) is 0 Å². The van der Waals surface area contributed by atoms with E-state index < -0.39 is 0 Å². The van der Waals surface area contributed by atoms with E-state index in [1.165, 1.54) is 0 Å². The average molecular weight is 223 g/mol. The topological polar surface area (TPSA) is 38.9 Å². The third-order valence-corrected chi connectivity index (χ3v) is 2.58. The van der Waals surface area contributed by atoms with Crippen molar-refractivity contribution in [2.24, 2.45) is 0 Å². The Labute approximate surface area is 93.1 Å². The Hall–Kier alpha value is -1.35. The van der Waals surface area contributed by atoms with Crippen molar-refractivity contribution in [3.05, 3.63) is 47.1 Å². The van der Waals surface area contributed by atoms with Gasteiger partial charge in [-0.25, -0.2) is 0 Å². The predicted molar refractivity (Wildman–Crippen MR) is 57.9 cm³/mol. The Balaban J connectivity index is 2.43. The Morgan fingerprint density at radius 3 is 2.33 bits per heavy atom. The standard InChI is InChI=1S/C11H11ClN2O/c1-11(2,8-6-4-3-5-7-8)9-13-14-10(12)15-9/h3-7H,1-2H3. The number of nitrogens with zero attached hydrogens (tertiary/aromatic N) is 2. The maximum Gasteiger partial charge on any atom is 0.312 e. The fourth-order valence-corrected chi connectivity index (χ4v) is 1.55. The van der Waals surface area contributed by atoms with Crippen molar-refractivity contribution < 1.29 is 4.42 Å². The van der Waals surface area contributed by atoms with E-state index in [-0.39, 0.29) is 10.8 Å². The molecule has 4 heteroatoms. The van der Waals surface area contributed by atoms with Gasteiger partial charge in [-0.05, 0) is 31.0 Å². The summed E-state index contributed by atoms with van der Waals surface area (Å²) in [6.45, 7) is 4.04. The lowest BCUT2D eigenvalue weighted by Crippen LogP contribution is -2.19. The van der Waals surface area contributed by atoms with Gasteiger partial charge in [0.25, 0.3) is 0 Å². The highest BCUT2D eigenvalue weighted by Gasteiger charge is 2.29. The summed E-state index contributed by atoms with van der Waals surface area (Å²) in [5, 5.41) is 7.65. The molecule has 0 unspecified atom stereocenters. The van der Waals surface area contributed by atoms with E-state index in [2.05, 4.69) is 10.2 Å². The third-order valence-electron chi connectivity index (χ3n) is 2.43. The van der Waals surface area contributed by atoms with Crippen LogP contribution >= 0.6 is 11.6 Å². The van der Waals surface area contributed by atoms with Crippen LogP contribution in [-0.2, 0) is 5.41 Å². The second kappa shape index (κ2) is 3.66. The van der Waals surface area contributed by atoms with Gasteiger partial charge in [-0.1, -0.05) is 35.4 Å². The Morgan fingerprint density at radius 2 is 1.80 bits per heavy atom. The first-order valence-electron chi connectivity index (χ1n) is 4.66. The van der Waals surface area contributed by atoms with Crippen LogP contribution < -0.4 is 0 Å². The number of rotatable bonds is 2. The highest BCUT2D eigenvalue weighted by Crippen LogP contribution is 2.30. The first-order valence-corrected chi connectivity index (χ1v) is 5.03. The van der Waals surface area contributed by atoms with Crippen LogP contribution in [0.15, 0.2) is 34.7 Å². The van der Waals surface area contributed by atoms with Crippen LogP contribution in [0.25, 0.3) is 0 Å².